The SMILES string of the molecule is CNC(CCN(CC(C)C)CC(C)C)C(N)=O. The third-order valence-electron chi connectivity index (χ3n) is 2.67. The molecule has 1 amide bonds. The first-order chi connectivity index (χ1) is 7.86. The first-order valence-corrected chi connectivity index (χ1v) is 6.55. The minimum atomic E-state index is -0.262. The number of likely N-dealkylation sites (N-methyl/N-ethyl adjacent to an activating group) is 1. The summed E-state index contributed by atoms with van der Waals surface area (Å²) >= 11 is 0. The van der Waals surface area contributed by atoms with E-state index in [1.54, 1.807) is 7.05 Å². The van der Waals surface area contributed by atoms with E-state index in [1.165, 1.54) is 0 Å². The number of nitrogens with one attached hydrogen (secondary N) is 1. The van der Waals surface area contributed by atoms with Gasteiger partial charge in [0.15, 0.2) is 0 Å². The maximum atomic E-state index is 11.1. The molecule has 0 aliphatic carbocycles. The summed E-state index contributed by atoms with van der Waals surface area (Å²) in [6.45, 7) is 12.0. The largest absolute Gasteiger partial charge is 0.368 e. The van der Waals surface area contributed by atoms with E-state index in [9.17, 15) is 4.79 Å². The molecule has 0 aliphatic heterocycles. The smallest absolute Gasteiger partial charge is 0.234 e. The van der Waals surface area contributed by atoms with Gasteiger partial charge in [0, 0.05) is 19.6 Å². The van der Waals surface area contributed by atoms with Crippen molar-refractivity contribution in [3.63, 3.8) is 0 Å². The van der Waals surface area contributed by atoms with E-state index in [0.29, 0.717) is 11.8 Å². The van der Waals surface area contributed by atoms with E-state index in [0.717, 1.165) is 26.1 Å². The van der Waals surface area contributed by atoms with Crippen LogP contribution < -0.4 is 11.1 Å². The average Bonchev–Trinajstić information content (AvgIpc) is 2.15. The molecule has 1 unspecified atom stereocenters. The number of nitrogens with zero attached hydrogens (tertiary/aromatic N) is 1. The number of carbonyl (C=O) groups excluding carboxylic acids is 1. The predicted molar refractivity (Wildman–Crippen MR) is 72.8 cm³/mol. The monoisotopic (exact) mass is 243 g/mol. The van der Waals surface area contributed by atoms with Crippen molar-refractivity contribution in [2.24, 2.45) is 17.6 Å². The third kappa shape index (κ3) is 8.16. The normalized spacial score (nSPS) is 13.6. The molecule has 0 saturated carbocycles. The van der Waals surface area contributed by atoms with Gasteiger partial charge >= 0.3 is 0 Å². The van der Waals surface area contributed by atoms with Gasteiger partial charge in [0.05, 0.1) is 6.04 Å². The van der Waals surface area contributed by atoms with Crippen molar-refractivity contribution in [3.8, 4) is 0 Å². The topological polar surface area (TPSA) is 58.4 Å². The Morgan fingerprint density at radius 3 is 1.94 bits per heavy atom. The van der Waals surface area contributed by atoms with Crippen LogP contribution in [0.2, 0.25) is 0 Å². The minimum absolute atomic E-state index is 0.211. The maximum Gasteiger partial charge on any atom is 0.234 e. The first kappa shape index (κ1) is 16.4. The summed E-state index contributed by atoms with van der Waals surface area (Å²) in [5.74, 6) is 1.03. The zero-order valence-corrected chi connectivity index (χ0v) is 12.0. The molecule has 0 rings (SSSR count). The Bertz CT molecular complexity index is 207. The Kier molecular flexibility index (Phi) is 8.17. The lowest BCUT2D eigenvalue weighted by atomic mass is 10.1. The van der Waals surface area contributed by atoms with Gasteiger partial charge in [-0.1, -0.05) is 27.7 Å². The molecule has 0 heterocycles. The predicted octanol–water partition coefficient (Wildman–Crippen LogP) is 1.06. The molecule has 0 aromatic heterocycles. The van der Waals surface area contributed by atoms with Crippen LogP contribution in [-0.4, -0.2) is 43.5 Å². The van der Waals surface area contributed by atoms with Crippen LogP contribution in [0.3, 0.4) is 0 Å². The Morgan fingerprint density at radius 1 is 1.18 bits per heavy atom. The molecular weight excluding hydrogens is 214 g/mol. The molecule has 0 bridgehead atoms. The summed E-state index contributed by atoms with van der Waals surface area (Å²) in [4.78, 5) is 13.5. The highest BCUT2D eigenvalue weighted by molar-refractivity contribution is 5.79. The van der Waals surface area contributed by atoms with Gasteiger partial charge < -0.3 is 16.0 Å². The van der Waals surface area contributed by atoms with E-state index >= 15 is 0 Å². The zero-order valence-electron chi connectivity index (χ0n) is 12.0. The third-order valence-corrected chi connectivity index (χ3v) is 2.67. The van der Waals surface area contributed by atoms with Gasteiger partial charge in [-0.25, -0.2) is 0 Å². The maximum absolute atomic E-state index is 11.1. The lowest BCUT2D eigenvalue weighted by Gasteiger charge is -2.27. The fraction of sp³-hybridized carbons (Fsp3) is 0.923. The van der Waals surface area contributed by atoms with Crippen LogP contribution in [-0.2, 0) is 4.79 Å². The van der Waals surface area contributed by atoms with E-state index in [2.05, 4.69) is 37.9 Å². The van der Waals surface area contributed by atoms with Crippen LogP contribution in [0.25, 0.3) is 0 Å². The minimum Gasteiger partial charge on any atom is -0.368 e. The van der Waals surface area contributed by atoms with Crippen molar-refractivity contribution in [1.29, 1.82) is 0 Å². The second-order valence-electron chi connectivity index (χ2n) is 5.58. The van der Waals surface area contributed by atoms with Crippen LogP contribution in [0.4, 0.5) is 0 Å². The highest BCUT2D eigenvalue weighted by atomic mass is 16.1. The highest BCUT2D eigenvalue weighted by Gasteiger charge is 2.15. The summed E-state index contributed by atoms with van der Waals surface area (Å²) in [5.41, 5.74) is 5.32. The molecule has 4 heteroatoms. The van der Waals surface area contributed by atoms with Crippen LogP contribution in [0, 0.1) is 11.8 Å². The van der Waals surface area contributed by atoms with Gasteiger partial charge in [-0.15, -0.1) is 0 Å². The fourth-order valence-electron chi connectivity index (χ4n) is 2.03. The molecule has 0 aliphatic rings. The lowest BCUT2D eigenvalue weighted by Crippen LogP contribution is -2.43. The molecule has 1 atom stereocenters. The van der Waals surface area contributed by atoms with Crippen molar-refractivity contribution in [1.82, 2.24) is 10.2 Å². The molecule has 0 aromatic carbocycles. The van der Waals surface area contributed by atoms with Crippen LogP contribution >= 0.6 is 0 Å². The van der Waals surface area contributed by atoms with Crippen LogP contribution in [0.1, 0.15) is 34.1 Å². The van der Waals surface area contributed by atoms with E-state index in [-0.39, 0.29) is 11.9 Å². The summed E-state index contributed by atoms with van der Waals surface area (Å²) < 4.78 is 0. The molecule has 4 nitrogen and oxygen atoms in total. The summed E-state index contributed by atoms with van der Waals surface area (Å²) in [5, 5.41) is 2.96. The number of nitrogens with two attached hydrogens (primary N) is 1. The van der Waals surface area contributed by atoms with Gasteiger partial charge in [-0.05, 0) is 25.3 Å². The van der Waals surface area contributed by atoms with Gasteiger partial charge in [0.2, 0.25) is 5.91 Å². The summed E-state index contributed by atoms with van der Waals surface area (Å²) in [7, 11) is 1.78. The van der Waals surface area contributed by atoms with Gasteiger partial charge in [0.25, 0.3) is 0 Å². The second-order valence-corrected chi connectivity index (χ2v) is 5.58. The van der Waals surface area contributed by atoms with E-state index in [4.69, 9.17) is 5.73 Å². The lowest BCUT2D eigenvalue weighted by molar-refractivity contribution is -0.120. The second kappa shape index (κ2) is 8.48. The number of rotatable bonds is 9. The van der Waals surface area contributed by atoms with Crippen molar-refractivity contribution in [2.75, 3.05) is 26.7 Å². The molecule has 3 N–H and O–H groups in total. The number of amides is 1. The Labute approximate surface area is 106 Å². The average molecular weight is 243 g/mol. The van der Waals surface area contributed by atoms with Gasteiger partial charge in [-0.3, -0.25) is 4.79 Å². The molecule has 0 saturated heterocycles. The first-order valence-electron chi connectivity index (χ1n) is 6.55. The fourth-order valence-corrected chi connectivity index (χ4v) is 2.03. The Morgan fingerprint density at radius 2 is 1.65 bits per heavy atom. The molecule has 0 aromatic rings. The number of hydrogen-bond acceptors (Lipinski definition) is 3. The van der Waals surface area contributed by atoms with Crippen LogP contribution in [0.5, 0.6) is 0 Å². The number of hydrogen-bond donors (Lipinski definition) is 2. The van der Waals surface area contributed by atoms with Crippen molar-refractivity contribution < 1.29 is 4.79 Å². The van der Waals surface area contributed by atoms with Crippen molar-refractivity contribution in [2.45, 2.75) is 40.2 Å². The summed E-state index contributed by atoms with van der Waals surface area (Å²) in [6, 6.07) is -0.211. The van der Waals surface area contributed by atoms with Gasteiger partial charge in [-0.2, -0.15) is 0 Å². The van der Waals surface area contributed by atoms with Crippen molar-refractivity contribution in [3.05, 3.63) is 0 Å². The van der Waals surface area contributed by atoms with Gasteiger partial charge in [0.1, 0.15) is 0 Å². The molecule has 102 valence electrons. The Hall–Kier alpha value is -0.610. The standard InChI is InChI=1S/C13H29N3O/c1-10(2)8-16(9-11(3)4)7-6-12(15-5)13(14)17/h10-12,15H,6-9H2,1-5H3,(H2,14,17). The van der Waals surface area contributed by atoms with E-state index < -0.39 is 0 Å². The summed E-state index contributed by atoms with van der Waals surface area (Å²) in [6.07, 6.45) is 0.783. The quantitative estimate of drug-likeness (QED) is 0.637. The number of carbonyl (C=O) groups is 1. The Balaban J connectivity index is 4.18. The molecule has 17 heavy (non-hydrogen) atoms. The molecule has 0 fully saturated rings. The van der Waals surface area contributed by atoms with E-state index in [1.807, 2.05) is 0 Å². The van der Waals surface area contributed by atoms with Crippen molar-refractivity contribution >= 4 is 5.91 Å². The molecule has 0 radical (unpaired) electrons. The molecular formula is C13H29N3O. The highest BCUT2D eigenvalue weighted by Crippen LogP contribution is 2.05. The number of primary amides is 1. The molecule has 0 spiro atoms. The zero-order chi connectivity index (χ0) is 13.4. The van der Waals surface area contributed by atoms with Crippen LogP contribution in [0.15, 0.2) is 0 Å².